The first kappa shape index (κ1) is 20.1. The Hall–Kier alpha value is -3.17. The lowest BCUT2D eigenvalue weighted by Gasteiger charge is -2.07. The lowest BCUT2D eigenvalue weighted by Crippen LogP contribution is -2.13. The van der Waals surface area contributed by atoms with Gasteiger partial charge in [-0.15, -0.1) is 0 Å². The summed E-state index contributed by atoms with van der Waals surface area (Å²) in [4.78, 5) is 12.9. The SMILES string of the molecule is Cc1nn2ccc(-c3ccnc(Cc4ccc(S(N)(=O)=O)nc4)n3)cc2c1C(C)C. The molecule has 2 N–H and O–H groups in total. The van der Waals surface area contributed by atoms with Gasteiger partial charge in [-0.2, -0.15) is 5.10 Å². The summed E-state index contributed by atoms with van der Waals surface area (Å²) >= 11 is 0. The van der Waals surface area contributed by atoms with Crippen LogP contribution < -0.4 is 5.14 Å². The zero-order valence-electron chi connectivity index (χ0n) is 16.9. The molecule has 0 saturated heterocycles. The van der Waals surface area contributed by atoms with Crippen LogP contribution in [0, 0.1) is 6.92 Å². The van der Waals surface area contributed by atoms with Crippen molar-refractivity contribution in [3.8, 4) is 11.3 Å². The molecule has 8 nitrogen and oxygen atoms in total. The highest BCUT2D eigenvalue weighted by atomic mass is 32.2. The highest BCUT2D eigenvalue weighted by molar-refractivity contribution is 7.89. The summed E-state index contributed by atoms with van der Waals surface area (Å²) < 4.78 is 24.6. The fourth-order valence-corrected chi connectivity index (χ4v) is 4.02. The van der Waals surface area contributed by atoms with Gasteiger partial charge in [-0.3, -0.25) is 0 Å². The van der Waals surface area contributed by atoms with Crippen molar-refractivity contribution < 1.29 is 8.42 Å². The molecule has 0 aliphatic carbocycles. The average molecular weight is 423 g/mol. The zero-order chi connectivity index (χ0) is 21.5. The van der Waals surface area contributed by atoms with E-state index in [9.17, 15) is 8.42 Å². The number of sulfonamides is 1. The fourth-order valence-electron chi connectivity index (χ4n) is 3.57. The number of hydrogen-bond acceptors (Lipinski definition) is 6. The molecule has 9 heteroatoms. The molecule has 30 heavy (non-hydrogen) atoms. The molecule has 0 fully saturated rings. The van der Waals surface area contributed by atoms with Crippen molar-refractivity contribution in [1.29, 1.82) is 0 Å². The van der Waals surface area contributed by atoms with Gasteiger partial charge < -0.3 is 0 Å². The molecule has 154 valence electrons. The van der Waals surface area contributed by atoms with Gasteiger partial charge in [0.25, 0.3) is 10.0 Å². The van der Waals surface area contributed by atoms with E-state index < -0.39 is 10.0 Å². The van der Waals surface area contributed by atoms with E-state index in [1.807, 2.05) is 29.8 Å². The smallest absolute Gasteiger partial charge is 0.243 e. The molecule has 0 bridgehead atoms. The number of nitrogens with zero attached hydrogens (tertiary/aromatic N) is 5. The van der Waals surface area contributed by atoms with Gasteiger partial charge in [-0.05, 0) is 42.7 Å². The van der Waals surface area contributed by atoms with E-state index in [2.05, 4.69) is 40.0 Å². The number of primary sulfonamides is 1. The first-order chi connectivity index (χ1) is 14.2. The first-order valence-corrected chi connectivity index (χ1v) is 11.1. The van der Waals surface area contributed by atoms with Crippen LogP contribution in [0.4, 0.5) is 0 Å². The van der Waals surface area contributed by atoms with Crippen molar-refractivity contribution in [2.24, 2.45) is 5.14 Å². The van der Waals surface area contributed by atoms with Gasteiger partial charge in [0, 0.05) is 36.1 Å². The minimum Gasteiger partial charge on any atom is -0.243 e. The standard InChI is InChI=1S/C21H22N6O2S/c1-13(2)21-14(3)26-27-9-7-16(11-18(21)27)17-6-8-23-19(25-17)10-15-4-5-20(24-12-15)30(22,28)29/h4-9,11-13H,10H2,1-3H3,(H2,22,28,29). The molecule has 0 saturated carbocycles. The van der Waals surface area contributed by atoms with Crippen LogP contribution in [0.25, 0.3) is 16.8 Å². The molecule has 4 heterocycles. The van der Waals surface area contributed by atoms with Crippen molar-refractivity contribution in [3.05, 3.63) is 71.6 Å². The van der Waals surface area contributed by atoms with Gasteiger partial charge >= 0.3 is 0 Å². The Balaban J connectivity index is 1.66. The van der Waals surface area contributed by atoms with Crippen LogP contribution in [0.15, 0.2) is 53.9 Å². The Labute approximate surface area is 174 Å². The maximum absolute atomic E-state index is 11.3. The summed E-state index contributed by atoms with van der Waals surface area (Å²) in [5, 5.41) is 9.52. The minimum absolute atomic E-state index is 0.161. The molecular weight excluding hydrogens is 400 g/mol. The van der Waals surface area contributed by atoms with E-state index in [-0.39, 0.29) is 5.03 Å². The molecule has 0 unspecified atom stereocenters. The molecular formula is C21H22N6O2S. The molecule has 4 aromatic heterocycles. The number of rotatable bonds is 5. The summed E-state index contributed by atoms with van der Waals surface area (Å²) in [5.41, 5.74) is 5.92. The van der Waals surface area contributed by atoms with Gasteiger partial charge in [0.15, 0.2) is 5.03 Å². The van der Waals surface area contributed by atoms with Crippen molar-refractivity contribution in [1.82, 2.24) is 24.6 Å². The Bertz CT molecular complexity index is 1330. The van der Waals surface area contributed by atoms with Gasteiger partial charge in [-0.25, -0.2) is 33.0 Å². The number of aromatic nitrogens is 5. The largest absolute Gasteiger partial charge is 0.255 e. The van der Waals surface area contributed by atoms with Gasteiger partial charge in [0.05, 0.1) is 16.9 Å². The first-order valence-electron chi connectivity index (χ1n) is 9.51. The third-order valence-corrected chi connectivity index (χ3v) is 5.71. The maximum Gasteiger partial charge on any atom is 0.255 e. The number of aryl methyl sites for hydroxylation is 1. The Kier molecular flexibility index (Phi) is 5.08. The topological polar surface area (TPSA) is 116 Å². The molecule has 0 amide bonds. The second kappa shape index (κ2) is 7.58. The second-order valence-electron chi connectivity index (χ2n) is 7.48. The third kappa shape index (κ3) is 3.94. The van der Waals surface area contributed by atoms with E-state index in [1.165, 1.54) is 17.8 Å². The zero-order valence-corrected chi connectivity index (χ0v) is 17.8. The Morgan fingerprint density at radius 1 is 1.13 bits per heavy atom. The number of hydrogen-bond donors (Lipinski definition) is 1. The Morgan fingerprint density at radius 3 is 2.60 bits per heavy atom. The van der Waals surface area contributed by atoms with E-state index >= 15 is 0 Å². The predicted octanol–water partition coefficient (Wildman–Crippen LogP) is 2.86. The molecule has 0 aliphatic rings. The van der Waals surface area contributed by atoms with E-state index in [1.54, 1.807) is 12.3 Å². The van der Waals surface area contributed by atoms with Crippen LogP contribution in [-0.4, -0.2) is 33.0 Å². The lowest BCUT2D eigenvalue weighted by molar-refractivity contribution is 0.594. The summed E-state index contributed by atoms with van der Waals surface area (Å²) in [5.74, 6) is 0.984. The van der Waals surface area contributed by atoms with Crippen LogP contribution in [0.5, 0.6) is 0 Å². The number of pyridine rings is 2. The molecule has 0 aromatic carbocycles. The molecule has 4 rings (SSSR count). The van der Waals surface area contributed by atoms with Gasteiger partial charge in [0.1, 0.15) is 5.82 Å². The third-order valence-electron chi connectivity index (χ3n) is 4.89. The maximum atomic E-state index is 11.3. The molecule has 0 spiro atoms. The summed E-state index contributed by atoms with van der Waals surface area (Å²) in [6.45, 7) is 6.35. The molecule has 0 aliphatic heterocycles. The van der Waals surface area contributed by atoms with E-state index in [4.69, 9.17) is 5.14 Å². The van der Waals surface area contributed by atoms with Crippen LogP contribution >= 0.6 is 0 Å². The van der Waals surface area contributed by atoms with Crippen LogP contribution in [0.1, 0.15) is 42.4 Å². The monoisotopic (exact) mass is 422 g/mol. The van der Waals surface area contributed by atoms with E-state index in [0.717, 1.165) is 28.0 Å². The normalized spacial score (nSPS) is 12.0. The van der Waals surface area contributed by atoms with E-state index in [0.29, 0.717) is 18.2 Å². The van der Waals surface area contributed by atoms with Gasteiger partial charge in [0.2, 0.25) is 0 Å². The molecule has 4 aromatic rings. The minimum atomic E-state index is -3.81. The van der Waals surface area contributed by atoms with Crippen molar-refractivity contribution in [3.63, 3.8) is 0 Å². The Morgan fingerprint density at radius 2 is 1.93 bits per heavy atom. The molecule has 0 radical (unpaired) electrons. The second-order valence-corrected chi connectivity index (χ2v) is 8.99. The fraction of sp³-hybridized carbons (Fsp3) is 0.238. The number of nitrogens with two attached hydrogens (primary N) is 1. The summed E-state index contributed by atoms with van der Waals surface area (Å²) in [6, 6.07) is 9.01. The summed E-state index contributed by atoms with van der Waals surface area (Å²) in [7, 11) is -3.81. The van der Waals surface area contributed by atoms with Crippen molar-refractivity contribution in [2.45, 2.75) is 38.1 Å². The van der Waals surface area contributed by atoms with Gasteiger partial charge in [-0.1, -0.05) is 19.9 Å². The van der Waals surface area contributed by atoms with Crippen LogP contribution in [-0.2, 0) is 16.4 Å². The quantitative estimate of drug-likeness (QED) is 0.529. The van der Waals surface area contributed by atoms with Crippen LogP contribution in [0.2, 0.25) is 0 Å². The van der Waals surface area contributed by atoms with Crippen LogP contribution in [0.3, 0.4) is 0 Å². The highest BCUT2D eigenvalue weighted by Gasteiger charge is 2.14. The molecule has 0 atom stereocenters. The average Bonchev–Trinajstić information content (AvgIpc) is 3.03. The predicted molar refractivity (Wildman–Crippen MR) is 113 cm³/mol. The highest BCUT2D eigenvalue weighted by Crippen LogP contribution is 2.27. The number of fused-ring (bicyclic) bond motifs is 1. The van der Waals surface area contributed by atoms with Crippen molar-refractivity contribution >= 4 is 15.5 Å². The summed E-state index contributed by atoms with van der Waals surface area (Å²) in [6.07, 6.45) is 5.57. The lowest BCUT2D eigenvalue weighted by atomic mass is 10.0. The van der Waals surface area contributed by atoms with Crippen molar-refractivity contribution in [2.75, 3.05) is 0 Å².